The number of fused-ring (bicyclic) bond motifs is 1. The van der Waals surface area contributed by atoms with Crippen molar-refractivity contribution >= 4 is 23.8 Å². The van der Waals surface area contributed by atoms with Gasteiger partial charge in [-0.3, -0.25) is 15.1 Å². The van der Waals surface area contributed by atoms with E-state index in [-0.39, 0.29) is 18.4 Å². The normalized spacial score (nSPS) is 26.5. The average Bonchev–Trinajstić information content (AvgIpc) is 3.09. The highest BCUT2D eigenvalue weighted by Gasteiger charge is 2.53. The topological polar surface area (TPSA) is 94.6 Å². The highest BCUT2D eigenvalue weighted by molar-refractivity contribution is 7.99. The molecule has 0 radical (unpaired) electrons. The SMILES string of the molecule is O=C(NC1NC2(c3ccc(F)cn3)CN(C(=O)O)CC2CS1)c1ccccc1. The molecular weight excluding hydrogens is 383 g/mol. The standard InChI is InChI=1S/C19H19FN4O3S/c20-14-6-7-15(21-8-14)19-11-24(18(26)27)9-13(19)10-28-17(23-19)22-16(25)12-4-2-1-3-5-12/h1-8,13,17,23H,9-11H2,(H,22,25)(H,26,27). The molecule has 2 aromatic rings. The van der Waals surface area contributed by atoms with Crippen LogP contribution < -0.4 is 10.6 Å². The number of pyridine rings is 1. The van der Waals surface area contributed by atoms with Crippen molar-refractivity contribution in [2.45, 2.75) is 11.0 Å². The van der Waals surface area contributed by atoms with E-state index >= 15 is 0 Å². The molecular formula is C19H19FN4O3S. The van der Waals surface area contributed by atoms with Gasteiger partial charge in [-0.25, -0.2) is 9.18 Å². The predicted molar refractivity (Wildman–Crippen MR) is 102 cm³/mol. The number of carbonyl (C=O) groups is 2. The predicted octanol–water partition coefficient (Wildman–Crippen LogP) is 2.08. The Morgan fingerprint density at radius 3 is 2.75 bits per heavy atom. The van der Waals surface area contributed by atoms with Gasteiger partial charge in [0.05, 0.1) is 17.4 Å². The molecule has 2 saturated heterocycles. The molecule has 2 aliphatic heterocycles. The summed E-state index contributed by atoms with van der Waals surface area (Å²) in [6, 6.07) is 11.8. The summed E-state index contributed by atoms with van der Waals surface area (Å²) in [5.41, 5.74) is -0.0996. The van der Waals surface area contributed by atoms with Crippen molar-refractivity contribution < 1.29 is 19.1 Å². The number of aromatic nitrogens is 1. The van der Waals surface area contributed by atoms with Crippen LogP contribution in [-0.4, -0.2) is 51.3 Å². The molecule has 3 heterocycles. The minimum atomic E-state index is -1.01. The number of rotatable bonds is 3. The van der Waals surface area contributed by atoms with Gasteiger partial charge >= 0.3 is 6.09 Å². The number of carboxylic acid groups (broad SMARTS) is 1. The van der Waals surface area contributed by atoms with Crippen LogP contribution in [0.5, 0.6) is 0 Å². The Labute approximate surface area is 165 Å². The fraction of sp³-hybridized carbons (Fsp3) is 0.316. The molecule has 2 aliphatic rings. The number of nitrogens with one attached hydrogen (secondary N) is 2. The number of hydrogen-bond donors (Lipinski definition) is 3. The van der Waals surface area contributed by atoms with Crippen molar-refractivity contribution in [2.24, 2.45) is 5.92 Å². The van der Waals surface area contributed by atoms with Gasteiger partial charge in [0, 0.05) is 30.3 Å². The molecule has 3 N–H and O–H groups in total. The molecule has 2 amide bonds. The Hall–Kier alpha value is -2.65. The van der Waals surface area contributed by atoms with Gasteiger partial charge in [-0.1, -0.05) is 18.2 Å². The molecule has 0 spiro atoms. The third-order valence-corrected chi connectivity index (χ3v) is 6.35. The maximum Gasteiger partial charge on any atom is 0.407 e. The summed E-state index contributed by atoms with van der Waals surface area (Å²) < 4.78 is 13.4. The first-order valence-electron chi connectivity index (χ1n) is 8.83. The summed E-state index contributed by atoms with van der Waals surface area (Å²) in [4.78, 5) is 29.6. The highest BCUT2D eigenvalue weighted by atomic mass is 32.2. The smallest absolute Gasteiger partial charge is 0.407 e. The van der Waals surface area contributed by atoms with E-state index in [2.05, 4.69) is 15.6 Å². The van der Waals surface area contributed by atoms with Crippen LogP contribution in [-0.2, 0) is 5.54 Å². The van der Waals surface area contributed by atoms with Gasteiger partial charge < -0.3 is 15.3 Å². The summed E-state index contributed by atoms with van der Waals surface area (Å²) in [6.07, 6.45) is 0.124. The average molecular weight is 402 g/mol. The Morgan fingerprint density at radius 1 is 1.29 bits per heavy atom. The van der Waals surface area contributed by atoms with Gasteiger partial charge in [0.25, 0.3) is 5.91 Å². The van der Waals surface area contributed by atoms with Gasteiger partial charge in [0.15, 0.2) is 0 Å². The molecule has 0 aliphatic carbocycles. The van der Waals surface area contributed by atoms with E-state index in [1.807, 2.05) is 6.07 Å². The molecule has 28 heavy (non-hydrogen) atoms. The Morgan fingerprint density at radius 2 is 2.07 bits per heavy atom. The molecule has 3 unspecified atom stereocenters. The van der Waals surface area contributed by atoms with Crippen molar-refractivity contribution in [1.82, 2.24) is 20.5 Å². The number of nitrogens with zero attached hydrogens (tertiary/aromatic N) is 2. The Bertz CT molecular complexity index is 883. The van der Waals surface area contributed by atoms with Crippen molar-refractivity contribution in [2.75, 3.05) is 18.8 Å². The molecule has 9 heteroatoms. The summed E-state index contributed by atoms with van der Waals surface area (Å²) in [5.74, 6) is -0.0880. The minimum absolute atomic E-state index is 0.0450. The number of amides is 2. The van der Waals surface area contributed by atoms with Gasteiger partial charge in [0.1, 0.15) is 11.3 Å². The van der Waals surface area contributed by atoms with Crippen LogP contribution in [0.2, 0.25) is 0 Å². The number of benzene rings is 1. The van der Waals surface area contributed by atoms with Crippen LogP contribution >= 0.6 is 11.8 Å². The monoisotopic (exact) mass is 402 g/mol. The third-order valence-electron chi connectivity index (χ3n) is 5.18. The summed E-state index contributed by atoms with van der Waals surface area (Å²) in [5, 5.41) is 15.8. The zero-order valence-corrected chi connectivity index (χ0v) is 15.7. The van der Waals surface area contributed by atoms with Crippen LogP contribution in [0.15, 0.2) is 48.7 Å². The van der Waals surface area contributed by atoms with E-state index in [9.17, 15) is 19.1 Å². The van der Waals surface area contributed by atoms with E-state index < -0.39 is 22.9 Å². The van der Waals surface area contributed by atoms with E-state index in [1.165, 1.54) is 22.7 Å². The zero-order valence-electron chi connectivity index (χ0n) is 14.8. The second kappa shape index (κ2) is 7.40. The van der Waals surface area contributed by atoms with E-state index in [0.717, 1.165) is 6.20 Å². The van der Waals surface area contributed by atoms with Crippen molar-refractivity contribution in [3.05, 3.63) is 65.7 Å². The fourth-order valence-corrected chi connectivity index (χ4v) is 5.08. The lowest BCUT2D eigenvalue weighted by Gasteiger charge is -2.42. The Balaban J connectivity index is 1.60. The van der Waals surface area contributed by atoms with Gasteiger partial charge in [-0.15, -0.1) is 11.8 Å². The quantitative estimate of drug-likeness (QED) is 0.728. The second-order valence-electron chi connectivity index (χ2n) is 6.89. The highest BCUT2D eigenvalue weighted by Crippen LogP contribution is 2.42. The number of halogens is 1. The van der Waals surface area contributed by atoms with Crippen molar-refractivity contribution in [3.8, 4) is 0 Å². The molecule has 1 aromatic carbocycles. The Kier molecular flexibility index (Phi) is 4.94. The molecule has 0 bridgehead atoms. The molecule has 3 atom stereocenters. The first kappa shape index (κ1) is 18.7. The summed E-state index contributed by atoms with van der Waals surface area (Å²) in [7, 11) is 0. The van der Waals surface area contributed by atoms with Gasteiger partial charge in [-0.05, 0) is 24.3 Å². The lowest BCUT2D eigenvalue weighted by Crippen LogP contribution is -2.61. The number of thioether (sulfide) groups is 1. The van der Waals surface area contributed by atoms with Crippen molar-refractivity contribution in [3.63, 3.8) is 0 Å². The molecule has 4 rings (SSSR count). The molecule has 7 nitrogen and oxygen atoms in total. The van der Waals surface area contributed by atoms with E-state index in [4.69, 9.17) is 0 Å². The number of hydrogen-bond acceptors (Lipinski definition) is 5. The van der Waals surface area contributed by atoms with Crippen LogP contribution in [0, 0.1) is 11.7 Å². The first-order valence-corrected chi connectivity index (χ1v) is 9.88. The molecule has 0 saturated carbocycles. The lowest BCUT2D eigenvalue weighted by atomic mass is 9.84. The van der Waals surface area contributed by atoms with Gasteiger partial charge in [-0.2, -0.15) is 0 Å². The summed E-state index contributed by atoms with van der Waals surface area (Å²) >= 11 is 1.51. The minimum Gasteiger partial charge on any atom is -0.465 e. The molecule has 2 fully saturated rings. The van der Waals surface area contributed by atoms with Crippen LogP contribution in [0.4, 0.5) is 9.18 Å². The number of carbonyl (C=O) groups excluding carboxylic acids is 1. The fourth-order valence-electron chi connectivity index (χ4n) is 3.78. The lowest BCUT2D eigenvalue weighted by molar-refractivity contribution is 0.0930. The third kappa shape index (κ3) is 3.43. The van der Waals surface area contributed by atoms with Crippen molar-refractivity contribution in [1.29, 1.82) is 0 Å². The largest absolute Gasteiger partial charge is 0.465 e. The van der Waals surface area contributed by atoms with Crippen LogP contribution in [0.1, 0.15) is 16.1 Å². The van der Waals surface area contributed by atoms with Crippen LogP contribution in [0.25, 0.3) is 0 Å². The first-order chi connectivity index (χ1) is 13.5. The maximum atomic E-state index is 13.4. The van der Waals surface area contributed by atoms with Crippen LogP contribution in [0.3, 0.4) is 0 Å². The second-order valence-corrected chi connectivity index (χ2v) is 8.03. The number of likely N-dealkylation sites (tertiary alicyclic amines) is 1. The summed E-state index contributed by atoms with van der Waals surface area (Å²) in [6.45, 7) is 0.539. The zero-order chi connectivity index (χ0) is 19.7. The molecule has 1 aromatic heterocycles. The van der Waals surface area contributed by atoms with Gasteiger partial charge in [0.2, 0.25) is 0 Å². The van der Waals surface area contributed by atoms with E-state index in [0.29, 0.717) is 23.6 Å². The molecule has 146 valence electrons. The maximum absolute atomic E-state index is 13.4. The van der Waals surface area contributed by atoms with E-state index in [1.54, 1.807) is 30.3 Å².